The second-order valence-corrected chi connectivity index (χ2v) is 13.7. The smallest absolute Gasteiger partial charge is 0.307 e. The van der Waals surface area contributed by atoms with Gasteiger partial charge in [0.2, 0.25) is 0 Å². The van der Waals surface area contributed by atoms with Gasteiger partial charge in [-0.3, -0.25) is 4.79 Å². The number of aliphatic carboxylic acids is 1. The van der Waals surface area contributed by atoms with E-state index < -0.39 is 33.5 Å². The lowest BCUT2D eigenvalue weighted by atomic mass is 9.93. The topological polar surface area (TPSA) is 89.9 Å². The molecule has 1 N–H and O–H groups in total. The standard InChI is InChI=1S/C32H34F2O6S/c1-17-6-7-23-20(12-25-30(23)31(25)32(35)36)14-28(17)40-16-21-13-24(27(34)15-26(21)33)29-18(2)10-22(11-19(29)3)39-8-5-9-41(4,37)38/h7,10-11,13-15,25,28,30-31H,1,5-6,8-9,12,16H2,2-4H3,(H,35,36)/t25-,28?,30+,31+/m1/s1. The first-order chi connectivity index (χ1) is 19.3. The minimum Gasteiger partial charge on any atom is -0.494 e. The van der Waals surface area contributed by atoms with Crippen molar-refractivity contribution in [3.63, 3.8) is 0 Å². The highest BCUT2D eigenvalue weighted by atomic mass is 32.2. The van der Waals surface area contributed by atoms with E-state index >= 15 is 4.39 Å². The third-order valence-electron chi connectivity index (χ3n) is 8.24. The van der Waals surface area contributed by atoms with E-state index in [1.54, 1.807) is 12.1 Å². The average molecular weight is 585 g/mol. The number of fused-ring (bicyclic) bond motifs is 3. The summed E-state index contributed by atoms with van der Waals surface area (Å²) in [5.41, 5.74) is 5.50. The highest BCUT2D eigenvalue weighted by Gasteiger charge is 2.61. The molecule has 0 bridgehead atoms. The first kappa shape index (κ1) is 29.2. The molecule has 0 aliphatic heterocycles. The predicted octanol–water partition coefficient (Wildman–Crippen LogP) is 6.11. The van der Waals surface area contributed by atoms with Crippen LogP contribution in [-0.4, -0.2) is 44.2 Å². The lowest BCUT2D eigenvalue weighted by Gasteiger charge is -2.18. The van der Waals surface area contributed by atoms with Crippen LogP contribution in [0.5, 0.6) is 5.75 Å². The van der Waals surface area contributed by atoms with Gasteiger partial charge in [-0.05, 0) is 96.7 Å². The van der Waals surface area contributed by atoms with Gasteiger partial charge < -0.3 is 14.6 Å². The molecule has 218 valence electrons. The van der Waals surface area contributed by atoms with Crippen molar-refractivity contribution in [2.24, 2.45) is 17.8 Å². The van der Waals surface area contributed by atoms with Gasteiger partial charge in [0.25, 0.3) is 0 Å². The molecular weight excluding hydrogens is 550 g/mol. The number of rotatable bonds is 10. The molecule has 0 heterocycles. The fourth-order valence-electron chi connectivity index (χ4n) is 6.25. The van der Waals surface area contributed by atoms with Crippen LogP contribution in [0.2, 0.25) is 0 Å². The first-order valence-electron chi connectivity index (χ1n) is 13.7. The predicted molar refractivity (Wildman–Crippen MR) is 152 cm³/mol. The van der Waals surface area contributed by atoms with E-state index in [2.05, 4.69) is 6.58 Å². The maximum Gasteiger partial charge on any atom is 0.307 e. The van der Waals surface area contributed by atoms with Crippen molar-refractivity contribution in [3.05, 3.63) is 88.0 Å². The fraction of sp³-hybridized carbons (Fsp3) is 0.406. The number of allylic oxidation sites excluding steroid dienone is 3. The summed E-state index contributed by atoms with van der Waals surface area (Å²) in [5.74, 6) is -1.70. The lowest BCUT2D eigenvalue weighted by molar-refractivity contribution is -0.139. The van der Waals surface area contributed by atoms with Crippen LogP contribution in [0.25, 0.3) is 11.1 Å². The van der Waals surface area contributed by atoms with Gasteiger partial charge in [-0.1, -0.05) is 12.7 Å². The van der Waals surface area contributed by atoms with Crippen molar-refractivity contribution in [2.75, 3.05) is 18.6 Å². The van der Waals surface area contributed by atoms with Gasteiger partial charge in [0.1, 0.15) is 27.2 Å². The van der Waals surface area contributed by atoms with Crippen molar-refractivity contribution >= 4 is 15.8 Å². The Labute approximate surface area is 239 Å². The van der Waals surface area contributed by atoms with Gasteiger partial charge in [0.05, 0.1) is 31.0 Å². The van der Waals surface area contributed by atoms with Gasteiger partial charge in [0.15, 0.2) is 0 Å². The molecule has 0 radical (unpaired) electrons. The molecule has 3 aliphatic carbocycles. The van der Waals surface area contributed by atoms with Gasteiger partial charge >= 0.3 is 5.97 Å². The molecule has 3 aliphatic rings. The Morgan fingerprint density at radius 1 is 1.12 bits per heavy atom. The van der Waals surface area contributed by atoms with Gasteiger partial charge in [0, 0.05) is 29.4 Å². The minimum absolute atomic E-state index is 0.0316. The largest absolute Gasteiger partial charge is 0.494 e. The van der Waals surface area contributed by atoms with Crippen LogP contribution in [0.3, 0.4) is 0 Å². The molecule has 2 fully saturated rings. The van der Waals surface area contributed by atoms with E-state index in [4.69, 9.17) is 9.47 Å². The number of hydrogen-bond donors (Lipinski definition) is 1. The van der Waals surface area contributed by atoms with Crippen LogP contribution in [-0.2, 0) is 26.0 Å². The number of halogens is 2. The van der Waals surface area contributed by atoms with Crippen LogP contribution in [0.1, 0.15) is 36.0 Å². The monoisotopic (exact) mass is 584 g/mol. The molecule has 2 aromatic rings. The lowest BCUT2D eigenvalue weighted by Crippen LogP contribution is -2.13. The Balaban J connectivity index is 1.31. The molecule has 0 spiro atoms. The summed E-state index contributed by atoms with van der Waals surface area (Å²) in [6, 6.07) is 5.87. The third-order valence-corrected chi connectivity index (χ3v) is 9.27. The number of benzene rings is 2. The summed E-state index contributed by atoms with van der Waals surface area (Å²) in [7, 11) is -3.07. The number of carboxylic acids is 1. The van der Waals surface area contributed by atoms with Crippen molar-refractivity contribution in [1.82, 2.24) is 0 Å². The zero-order valence-corrected chi connectivity index (χ0v) is 24.2. The minimum atomic E-state index is -3.07. The second-order valence-electron chi connectivity index (χ2n) is 11.4. The molecule has 0 saturated heterocycles. The summed E-state index contributed by atoms with van der Waals surface area (Å²) in [5, 5.41) is 9.42. The number of hydrogen-bond acceptors (Lipinski definition) is 5. The Hall–Kier alpha value is -3.30. The molecule has 5 rings (SSSR count). The van der Waals surface area contributed by atoms with Crippen LogP contribution in [0.15, 0.2) is 59.7 Å². The Kier molecular flexibility index (Phi) is 7.96. The zero-order valence-electron chi connectivity index (χ0n) is 23.4. The summed E-state index contributed by atoms with van der Waals surface area (Å²) in [6.45, 7) is 7.91. The molecular formula is C32H34F2O6S. The Morgan fingerprint density at radius 3 is 2.49 bits per heavy atom. The summed E-state index contributed by atoms with van der Waals surface area (Å²) in [4.78, 5) is 11.5. The summed E-state index contributed by atoms with van der Waals surface area (Å²) < 4.78 is 64.5. The van der Waals surface area contributed by atoms with E-state index in [9.17, 15) is 22.7 Å². The van der Waals surface area contributed by atoms with Crippen molar-refractivity contribution < 1.29 is 36.6 Å². The van der Waals surface area contributed by atoms with Crippen LogP contribution >= 0.6 is 0 Å². The van der Waals surface area contributed by atoms with Gasteiger partial charge in [-0.2, -0.15) is 0 Å². The molecule has 9 heteroatoms. The molecule has 6 nitrogen and oxygen atoms in total. The maximum atomic E-state index is 15.1. The SMILES string of the molecule is C=C1CC=C2C(=CC1OCc1cc(-c3c(C)cc(OCCCS(C)(=O)=O)cc3C)c(F)cc1F)C[C@H]1[C@H](C(=O)O)[C@@H]21. The second kappa shape index (κ2) is 11.2. The highest BCUT2D eigenvalue weighted by Crippen LogP contribution is 2.63. The average Bonchev–Trinajstić information content (AvgIpc) is 3.52. The van der Waals surface area contributed by atoms with Crippen LogP contribution in [0.4, 0.5) is 8.78 Å². The van der Waals surface area contributed by atoms with E-state index in [0.717, 1.165) is 33.9 Å². The van der Waals surface area contributed by atoms with E-state index in [-0.39, 0.29) is 47.8 Å². The molecule has 41 heavy (non-hydrogen) atoms. The summed E-state index contributed by atoms with van der Waals surface area (Å²) >= 11 is 0. The number of carbonyl (C=O) groups is 1. The normalized spacial score (nSPS) is 23.3. The van der Waals surface area contributed by atoms with E-state index in [0.29, 0.717) is 30.6 Å². The van der Waals surface area contributed by atoms with E-state index in [1.165, 1.54) is 12.3 Å². The molecule has 2 aromatic carbocycles. The van der Waals surface area contributed by atoms with Crippen LogP contribution < -0.4 is 4.74 Å². The molecule has 4 atom stereocenters. The van der Waals surface area contributed by atoms with Crippen molar-refractivity contribution in [3.8, 4) is 16.9 Å². The number of sulfone groups is 1. The zero-order chi connectivity index (χ0) is 29.6. The molecule has 0 amide bonds. The molecule has 1 unspecified atom stereocenters. The van der Waals surface area contributed by atoms with Crippen molar-refractivity contribution in [1.29, 1.82) is 0 Å². The fourth-order valence-corrected chi connectivity index (χ4v) is 6.89. The number of aryl methyl sites for hydroxylation is 2. The Bertz CT molecular complexity index is 1570. The van der Waals surface area contributed by atoms with E-state index in [1.807, 2.05) is 26.0 Å². The van der Waals surface area contributed by atoms with Crippen molar-refractivity contribution in [2.45, 2.75) is 45.8 Å². The quantitative estimate of drug-likeness (QED) is 0.268. The van der Waals surface area contributed by atoms with Crippen LogP contribution in [0, 0.1) is 43.2 Å². The maximum absolute atomic E-state index is 15.1. The molecule has 0 aromatic heterocycles. The first-order valence-corrected chi connectivity index (χ1v) is 15.7. The van der Waals surface area contributed by atoms with Gasteiger partial charge in [-0.15, -0.1) is 0 Å². The molecule has 2 saturated carbocycles. The summed E-state index contributed by atoms with van der Waals surface area (Å²) in [6.07, 6.45) is 6.33. The van der Waals surface area contributed by atoms with Gasteiger partial charge in [-0.25, -0.2) is 17.2 Å². The Morgan fingerprint density at radius 2 is 1.83 bits per heavy atom. The third kappa shape index (κ3) is 6.16. The number of carboxylic acid groups (broad SMARTS) is 1. The number of ether oxygens (including phenoxy) is 2. The highest BCUT2D eigenvalue weighted by molar-refractivity contribution is 7.90.